The molecule has 7 nitrogen and oxygen atoms in total. The van der Waals surface area contributed by atoms with Crippen LogP contribution in [0.25, 0.3) is 0 Å². The summed E-state index contributed by atoms with van der Waals surface area (Å²) in [6, 6.07) is 0. The fourth-order valence-electron chi connectivity index (χ4n) is 2.44. The number of aryl methyl sites for hydroxylation is 3. The predicted molar refractivity (Wildman–Crippen MR) is 72.3 cm³/mol. The van der Waals surface area contributed by atoms with Crippen LogP contribution >= 0.6 is 12.4 Å². The van der Waals surface area contributed by atoms with E-state index in [-0.39, 0.29) is 12.4 Å². The highest BCUT2D eigenvalue weighted by Crippen LogP contribution is 2.34. The third kappa shape index (κ3) is 2.99. The van der Waals surface area contributed by atoms with Gasteiger partial charge in [0.2, 0.25) is 11.8 Å². The van der Waals surface area contributed by atoms with Gasteiger partial charge in [-0.1, -0.05) is 23.2 Å². The Morgan fingerprint density at radius 2 is 1.65 bits per heavy atom. The second-order valence-corrected chi connectivity index (χ2v) is 5.11. The van der Waals surface area contributed by atoms with Crippen LogP contribution in [0, 0.1) is 6.92 Å². The van der Waals surface area contributed by atoms with Crippen LogP contribution in [-0.2, 0) is 18.4 Å². The number of hydrogen-bond donors (Lipinski definition) is 1. The first-order valence-corrected chi connectivity index (χ1v) is 6.57. The average molecular weight is 300 g/mol. The molecule has 0 atom stereocenters. The van der Waals surface area contributed by atoms with Crippen molar-refractivity contribution >= 4 is 12.4 Å². The Morgan fingerprint density at radius 3 is 2.25 bits per heavy atom. The van der Waals surface area contributed by atoms with Gasteiger partial charge >= 0.3 is 0 Å². The first-order valence-electron chi connectivity index (χ1n) is 6.57. The number of halogens is 1. The quantitative estimate of drug-likeness (QED) is 0.916. The molecule has 0 aromatic carbocycles. The van der Waals surface area contributed by atoms with E-state index in [0.717, 1.165) is 25.7 Å². The van der Waals surface area contributed by atoms with Crippen molar-refractivity contribution in [3.05, 3.63) is 23.4 Å². The zero-order valence-corrected chi connectivity index (χ0v) is 12.2. The summed E-state index contributed by atoms with van der Waals surface area (Å²) >= 11 is 0. The highest BCUT2D eigenvalue weighted by Gasteiger charge is 2.35. The summed E-state index contributed by atoms with van der Waals surface area (Å²) in [5.74, 6) is 2.41. The summed E-state index contributed by atoms with van der Waals surface area (Å²) in [5, 5.41) is 7.75. The van der Waals surface area contributed by atoms with Gasteiger partial charge in [-0.15, -0.1) is 12.4 Å². The topological polar surface area (TPSA) is 104 Å². The van der Waals surface area contributed by atoms with Crippen LogP contribution in [0.5, 0.6) is 0 Å². The minimum Gasteiger partial charge on any atom is -0.339 e. The van der Waals surface area contributed by atoms with Crippen molar-refractivity contribution in [3.63, 3.8) is 0 Å². The molecule has 0 saturated heterocycles. The Hall–Kier alpha value is -1.47. The molecule has 20 heavy (non-hydrogen) atoms. The molecule has 0 spiro atoms. The number of rotatable bonds is 4. The molecule has 0 amide bonds. The Bertz CT molecular complexity index is 562. The normalized spacial score (nSPS) is 17.1. The zero-order chi connectivity index (χ0) is 13.3. The smallest absolute Gasteiger partial charge is 0.227 e. The average Bonchev–Trinajstić information content (AvgIpc) is 3.08. The maximum Gasteiger partial charge on any atom is 0.227 e. The second-order valence-electron chi connectivity index (χ2n) is 5.11. The van der Waals surface area contributed by atoms with Gasteiger partial charge in [-0.3, -0.25) is 0 Å². The van der Waals surface area contributed by atoms with Crippen molar-refractivity contribution in [1.82, 2.24) is 20.3 Å². The number of nitrogens with two attached hydrogens (primary N) is 1. The molecule has 0 aliphatic heterocycles. The van der Waals surface area contributed by atoms with E-state index < -0.39 is 5.54 Å². The Morgan fingerprint density at radius 1 is 1.05 bits per heavy atom. The first kappa shape index (κ1) is 14.9. The van der Waals surface area contributed by atoms with Crippen LogP contribution in [-0.4, -0.2) is 20.3 Å². The molecule has 8 heteroatoms. The van der Waals surface area contributed by atoms with Gasteiger partial charge < -0.3 is 14.8 Å². The van der Waals surface area contributed by atoms with Crippen molar-refractivity contribution < 1.29 is 9.05 Å². The number of aromatic nitrogens is 4. The summed E-state index contributed by atoms with van der Waals surface area (Å²) in [5.41, 5.74) is 5.88. The van der Waals surface area contributed by atoms with Crippen molar-refractivity contribution in [2.24, 2.45) is 5.73 Å². The molecule has 2 N–H and O–H groups in total. The van der Waals surface area contributed by atoms with E-state index in [2.05, 4.69) is 20.3 Å². The fourth-order valence-corrected chi connectivity index (χ4v) is 2.44. The van der Waals surface area contributed by atoms with Crippen molar-refractivity contribution in [3.8, 4) is 0 Å². The molecule has 1 saturated carbocycles. The largest absolute Gasteiger partial charge is 0.339 e. The third-order valence-corrected chi connectivity index (χ3v) is 3.53. The van der Waals surface area contributed by atoms with Crippen molar-refractivity contribution in [1.29, 1.82) is 0 Å². The monoisotopic (exact) mass is 299 g/mol. The van der Waals surface area contributed by atoms with Crippen molar-refractivity contribution in [2.75, 3.05) is 0 Å². The van der Waals surface area contributed by atoms with E-state index in [4.69, 9.17) is 14.8 Å². The van der Waals surface area contributed by atoms with E-state index in [1.165, 1.54) is 0 Å². The summed E-state index contributed by atoms with van der Waals surface area (Å²) in [6.45, 7) is 1.79. The standard InChI is InChI=1S/C12H17N5O2.ClH/c1-8-14-9(18-16-8)4-5-10-15-11(17-19-10)12(13)6-2-3-7-12;/h2-7,13H2,1H3;1H. The van der Waals surface area contributed by atoms with E-state index in [9.17, 15) is 0 Å². The summed E-state index contributed by atoms with van der Waals surface area (Å²) in [6.07, 6.45) is 5.29. The van der Waals surface area contributed by atoms with Gasteiger partial charge in [0.1, 0.15) is 0 Å². The van der Waals surface area contributed by atoms with E-state index in [0.29, 0.717) is 36.3 Å². The van der Waals surface area contributed by atoms with E-state index in [1.807, 2.05) is 0 Å². The first-order chi connectivity index (χ1) is 9.16. The molecule has 2 heterocycles. The van der Waals surface area contributed by atoms with Crippen molar-refractivity contribution in [2.45, 2.75) is 51.0 Å². The molecule has 110 valence electrons. The fraction of sp³-hybridized carbons (Fsp3) is 0.667. The van der Waals surface area contributed by atoms with Gasteiger partial charge in [0.05, 0.1) is 5.54 Å². The van der Waals surface area contributed by atoms with Crippen LogP contribution in [0.3, 0.4) is 0 Å². The molecular weight excluding hydrogens is 282 g/mol. The second kappa shape index (κ2) is 5.88. The van der Waals surface area contributed by atoms with Crippen LogP contribution in [0.4, 0.5) is 0 Å². The van der Waals surface area contributed by atoms with Gasteiger partial charge in [-0.05, 0) is 19.8 Å². The molecule has 0 bridgehead atoms. The Balaban J connectivity index is 0.00000147. The molecule has 1 aliphatic carbocycles. The highest BCUT2D eigenvalue weighted by atomic mass is 35.5. The van der Waals surface area contributed by atoms with Gasteiger partial charge in [-0.25, -0.2) is 0 Å². The molecular formula is C12H18ClN5O2. The molecule has 1 aliphatic rings. The van der Waals surface area contributed by atoms with E-state index >= 15 is 0 Å². The number of hydrogen-bond acceptors (Lipinski definition) is 7. The lowest BCUT2D eigenvalue weighted by atomic mass is 9.99. The maximum atomic E-state index is 6.28. The molecule has 3 rings (SSSR count). The summed E-state index contributed by atoms with van der Waals surface area (Å²) in [7, 11) is 0. The summed E-state index contributed by atoms with van der Waals surface area (Å²) in [4.78, 5) is 8.52. The highest BCUT2D eigenvalue weighted by molar-refractivity contribution is 5.85. The Labute approximate surface area is 122 Å². The van der Waals surface area contributed by atoms with Gasteiger partial charge in [0, 0.05) is 12.8 Å². The molecule has 1 fully saturated rings. The van der Waals surface area contributed by atoms with Gasteiger partial charge in [-0.2, -0.15) is 9.97 Å². The lowest BCUT2D eigenvalue weighted by molar-refractivity contribution is 0.338. The predicted octanol–water partition coefficient (Wildman–Crippen LogP) is 1.70. The van der Waals surface area contributed by atoms with Crippen LogP contribution < -0.4 is 5.73 Å². The SMILES string of the molecule is Cc1noc(CCc2nc(C3(N)CCCC3)no2)n1.Cl. The minimum atomic E-state index is -0.400. The minimum absolute atomic E-state index is 0. The molecule has 0 unspecified atom stereocenters. The third-order valence-electron chi connectivity index (χ3n) is 3.53. The van der Waals surface area contributed by atoms with Crippen LogP contribution in [0.15, 0.2) is 9.05 Å². The van der Waals surface area contributed by atoms with Crippen LogP contribution in [0.2, 0.25) is 0 Å². The lowest BCUT2D eigenvalue weighted by Crippen LogP contribution is -2.34. The summed E-state index contributed by atoms with van der Waals surface area (Å²) < 4.78 is 10.3. The zero-order valence-electron chi connectivity index (χ0n) is 11.3. The van der Waals surface area contributed by atoms with E-state index in [1.54, 1.807) is 6.92 Å². The molecule has 2 aromatic rings. The van der Waals surface area contributed by atoms with Gasteiger partial charge in [0.25, 0.3) is 0 Å². The molecule has 2 aromatic heterocycles. The van der Waals surface area contributed by atoms with Gasteiger partial charge in [0.15, 0.2) is 11.6 Å². The lowest BCUT2D eigenvalue weighted by Gasteiger charge is -2.17. The van der Waals surface area contributed by atoms with Crippen LogP contribution in [0.1, 0.15) is 49.1 Å². The maximum absolute atomic E-state index is 6.28. The number of nitrogens with zero attached hydrogens (tertiary/aromatic N) is 4. The molecule has 0 radical (unpaired) electrons. The Kier molecular flexibility index (Phi) is 4.39.